The predicted molar refractivity (Wildman–Crippen MR) is 84.4 cm³/mol. The van der Waals surface area contributed by atoms with Gasteiger partial charge in [0.15, 0.2) is 0 Å². The Morgan fingerprint density at radius 2 is 2.17 bits per heavy atom. The lowest BCUT2D eigenvalue weighted by Crippen LogP contribution is -2.50. The molecule has 0 saturated carbocycles. The second-order valence-electron chi connectivity index (χ2n) is 5.83. The van der Waals surface area contributed by atoms with Gasteiger partial charge in [-0.15, -0.1) is 0 Å². The minimum Gasteiger partial charge on any atom is -0.377 e. The number of carbonyl (C=O) groups is 1. The fourth-order valence-electron chi connectivity index (χ4n) is 2.65. The average molecular weight is 316 g/mol. The molecule has 1 fully saturated rings. The molecule has 0 aromatic carbocycles. The number of methoxy groups -OCH3 is 1. The van der Waals surface area contributed by atoms with E-state index in [9.17, 15) is 4.79 Å². The third-order valence-electron chi connectivity index (χ3n) is 4.03. The van der Waals surface area contributed by atoms with Gasteiger partial charge in [-0.05, 0) is 25.8 Å². The zero-order valence-electron chi connectivity index (χ0n) is 13.3. The van der Waals surface area contributed by atoms with Gasteiger partial charge in [-0.3, -0.25) is 0 Å². The van der Waals surface area contributed by atoms with Crippen molar-refractivity contribution in [3.05, 3.63) is 30.9 Å². The molecular weight excluding hydrogens is 296 g/mol. The Morgan fingerprint density at radius 1 is 1.39 bits per heavy atom. The fraction of sp³-hybridized carbons (Fsp3) is 0.467. The molecule has 1 atom stereocenters. The molecule has 3 rings (SSSR count). The molecule has 0 aliphatic carbocycles. The van der Waals surface area contributed by atoms with E-state index in [0.717, 1.165) is 19.4 Å². The highest BCUT2D eigenvalue weighted by molar-refractivity contribution is 5.89. The topological polar surface area (TPSA) is 85.2 Å². The van der Waals surface area contributed by atoms with Crippen LogP contribution in [0.15, 0.2) is 30.9 Å². The number of carbonyl (C=O) groups excluding carboxylic acids is 1. The third-order valence-corrected chi connectivity index (χ3v) is 4.03. The lowest BCUT2D eigenvalue weighted by molar-refractivity contribution is -0.0389. The number of amides is 2. The van der Waals surface area contributed by atoms with Gasteiger partial charge in [0.1, 0.15) is 0 Å². The summed E-state index contributed by atoms with van der Waals surface area (Å²) in [5, 5.41) is 7.02. The van der Waals surface area contributed by atoms with Crippen LogP contribution in [-0.4, -0.2) is 56.5 Å². The molecule has 8 heteroatoms. The second kappa shape index (κ2) is 6.33. The molecule has 1 aliphatic heterocycles. The van der Waals surface area contributed by atoms with Gasteiger partial charge in [0.2, 0.25) is 5.95 Å². The number of aromatic nitrogens is 4. The monoisotopic (exact) mass is 316 g/mol. The molecule has 2 aromatic heterocycles. The summed E-state index contributed by atoms with van der Waals surface area (Å²) < 4.78 is 7.04. The average Bonchev–Trinajstić information content (AvgIpc) is 3.04. The predicted octanol–water partition coefficient (Wildman–Crippen LogP) is 1.70. The van der Waals surface area contributed by atoms with Crippen LogP contribution in [0.2, 0.25) is 0 Å². The molecule has 122 valence electrons. The summed E-state index contributed by atoms with van der Waals surface area (Å²) in [6.45, 7) is 3.32. The summed E-state index contributed by atoms with van der Waals surface area (Å²) in [5.74, 6) is 0.456. The molecule has 3 heterocycles. The molecule has 0 radical (unpaired) electrons. The van der Waals surface area contributed by atoms with Crippen molar-refractivity contribution < 1.29 is 9.53 Å². The first-order valence-corrected chi connectivity index (χ1v) is 7.53. The standard InChI is InChI=1S/C15H20N6O2/c1-15(23-2)5-3-8-20(11-15)14(22)19-12-9-18-21(10-12)13-16-6-4-7-17-13/h4,6-7,9-10H,3,5,8,11H2,1-2H3,(H,19,22). The Hall–Kier alpha value is -2.48. The van der Waals surface area contributed by atoms with E-state index >= 15 is 0 Å². The number of ether oxygens (including phenoxy) is 1. The van der Waals surface area contributed by atoms with Gasteiger partial charge >= 0.3 is 6.03 Å². The van der Waals surface area contributed by atoms with Crippen LogP contribution >= 0.6 is 0 Å². The second-order valence-corrected chi connectivity index (χ2v) is 5.83. The number of nitrogens with one attached hydrogen (secondary N) is 1. The van der Waals surface area contributed by atoms with Gasteiger partial charge in [-0.25, -0.2) is 19.4 Å². The smallest absolute Gasteiger partial charge is 0.322 e. The van der Waals surface area contributed by atoms with E-state index in [0.29, 0.717) is 18.2 Å². The molecule has 1 saturated heterocycles. The van der Waals surface area contributed by atoms with E-state index in [2.05, 4.69) is 20.4 Å². The number of likely N-dealkylation sites (tertiary alicyclic amines) is 1. The Balaban J connectivity index is 1.66. The minimum atomic E-state index is -0.280. The number of hydrogen-bond donors (Lipinski definition) is 1. The number of piperidine rings is 1. The van der Waals surface area contributed by atoms with Gasteiger partial charge in [0.25, 0.3) is 0 Å². The van der Waals surface area contributed by atoms with Crippen molar-refractivity contribution in [3.8, 4) is 5.95 Å². The van der Waals surface area contributed by atoms with E-state index in [1.165, 1.54) is 4.68 Å². The van der Waals surface area contributed by atoms with Crippen LogP contribution in [0.25, 0.3) is 5.95 Å². The normalized spacial score (nSPS) is 21.2. The van der Waals surface area contributed by atoms with Gasteiger partial charge in [0, 0.05) is 26.0 Å². The first-order chi connectivity index (χ1) is 11.1. The van der Waals surface area contributed by atoms with E-state index in [4.69, 9.17) is 4.74 Å². The lowest BCUT2D eigenvalue weighted by atomic mass is 9.95. The summed E-state index contributed by atoms with van der Waals surface area (Å²) >= 11 is 0. The number of rotatable bonds is 3. The summed E-state index contributed by atoms with van der Waals surface area (Å²) in [5.41, 5.74) is 0.324. The molecule has 1 aliphatic rings. The van der Waals surface area contributed by atoms with Crippen molar-refractivity contribution in [1.29, 1.82) is 0 Å². The van der Waals surface area contributed by atoms with Crippen LogP contribution < -0.4 is 5.32 Å². The molecule has 1 N–H and O–H groups in total. The maximum absolute atomic E-state index is 12.4. The van der Waals surface area contributed by atoms with E-state index in [1.54, 1.807) is 42.9 Å². The van der Waals surface area contributed by atoms with Crippen LogP contribution in [0.1, 0.15) is 19.8 Å². The number of nitrogens with zero attached hydrogens (tertiary/aromatic N) is 5. The zero-order chi connectivity index (χ0) is 16.3. The quantitative estimate of drug-likeness (QED) is 0.931. The van der Waals surface area contributed by atoms with Crippen LogP contribution in [0, 0.1) is 0 Å². The summed E-state index contributed by atoms with van der Waals surface area (Å²) in [6, 6.07) is 1.58. The zero-order valence-corrected chi connectivity index (χ0v) is 13.3. The number of hydrogen-bond acceptors (Lipinski definition) is 5. The molecule has 2 aromatic rings. The van der Waals surface area contributed by atoms with Crippen molar-refractivity contribution in [2.24, 2.45) is 0 Å². The summed E-state index contributed by atoms with van der Waals surface area (Å²) in [7, 11) is 1.69. The van der Waals surface area contributed by atoms with Gasteiger partial charge in [-0.2, -0.15) is 5.10 Å². The van der Waals surface area contributed by atoms with E-state index in [1.807, 2.05) is 6.92 Å². The number of urea groups is 1. The maximum atomic E-state index is 12.4. The molecular formula is C15H20N6O2. The lowest BCUT2D eigenvalue weighted by Gasteiger charge is -2.39. The van der Waals surface area contributed by atoms with Gasteiger partial charge in [0.05, 0.1) is 30.2 Å². The van der Waals surface area contributed by atoms with Crippen molar-refractivity contribution in [1.82, 2.24) is 24.6 Å². The summed E-state index contributed by atoms with van der Waals surface area (Å²) in [6.07, 6.45) is 8.43. The Morgan fingerprint density at radius 3 is 2.91 bits per heavy atom. The molecule has 8 nitrogen and oxygen atoms in total. The van der Waals surface area contributed by atoms with Crippen molar-refractivity contribution >= 4 is 11.7 Å². The first-order valence-electron chi connectivity index (χ1n) is 7.53. The Bertz CT molecular complexity index is 674. The van der Waals surface area contributed by atoms with Gasteiger partial charge < -0.3 is 15.0 Å². The van der Waals surface area contributed by atoms with E-state index < -0.39 is 0 Å². The Kier molecular flexibility index (Phi) is 4.24. The molecule has 1 unspecified atom stereocenters. The molecule has 2 amide bonds. The van der Waals surface area contributed by atoms with Crippen LogP contribution in [0.3, 0.4) is 0 Å². The maximum Gasteiger partial charge on any atom is 0.322 e. The summed E-state index contributed by atoms with van der Waals surface area (Å²) in [4.78, 5) is 22.4. The third kappa shape index (κ3) is 3.48. The van der Waals surface area contributed by atoms with Crippen LogP contribution in [-0.2, 0) is 4.74 Å². The minimum absolute atomic E-state index is 0.151. The first kappa shape index (κ1) is 15.4. The number of anilines is 1. The highest BCUT2D eigenvalue weighted by atomic mass is 16.5. The highest BCUT2D eigenvalue weighted by Crippen LogP contribution is 2.24. The van der Waals surface area contributed by atoms with E-state index in [-0.39, 0.29) is 11.6 Å². The van der Waals surface area contributed by atoms with Crippen molar-refractivity contribution in [3.63, 3.8) is 0 Å². The fourth-order valence-corrected chi connectivity index (χ4v) is 2.65. The Labute approximate surface area is 134 Å². The van der Waals surface area contributed by atoms with Crippen LogP contribution in [0.4, 0.5) is 10.5 Å². The highest BCUT2D eigenvalue weighted by Gasteiger charge is 2.33. The van der Waals surface area contributed by atoms with Crippen LogP contribution in [0.5, 0.6) is 0 Å². The molecule has 0 spiro atoms. The van der Waals surface area contributed by atoms with Gasteiger partial charge in [-0.1, -0.05) is 0 Å². The largest absolute Gasteiger partial charge is 0.377 e. The molecule has 23 heavy (non-hydrogen) atoms. The van der Waals surface area contributed by atoms with Crippen molar-refractivity contribution in [2.45, 2.75) is 25.4 Å². The SMILES string of the molecule is COC1(C)CCCN(C(=O)Nc2cnn(-c3ncccn3)c2)C1. The van der Waals surface area contributed by atoms with Crippen molar-refractivity contribution in [2.75, 3.05) is 25.5 Å². The molecule has 0 bridgehead atoms.